The van der Waals surface area contributed by atoms with E-state index in [4.69, 9.17) is 9.47 Å². The number of rotatable bonds is 7. The third-order valence-electron chi connectivity index (χ3n) is 5.46. The van der Waals surface area contributed by atoms with Crippen LogP contribution < -0.4 is 9.47 Å². The Morgan fingerprint density at radius 3 is 2.30 bits per heavy atom. The molecule has 1 atom stereocenters. The maximum atomic E-state index is 13.1. The van der Waals surface area contributed by atoms with Gasteiger partial charge in [-0.3, -0.25) is 14.6 Å². The van der Waals surface area contributed by atoms with Crippen LogP contribution in [0.5, 0.6) is 11.5 Å². The van der Waals surface area contributed by atoms with Gasteiger partial charge in [-0.2, -0.15) is 0 Å². The van der Waals surface area contributed by atoms with Gasteiger partial charge in [0.1, 0.15) is 23.3 Å². The maximum absolute atomic E-state index is 13.1. The highest BCUT2D eigenvalue weighted by atomic mass is 16.5. The monoisotopic (exact) mass is 444 g/mol. The summed E-state index contributed by atoms with van der Waals surface area (Å²) in [7, 11) is 1.58. The van der Waals surface area contributed by atoms with Crippen molar-refractivity contribution in [3.05, 3.63) is 95.3 Å². The van der Waals surface area contributed by atoms with Gasteiger partial charge in [-0.05, 0) is 61.0 Å². The van der Waals surface area contributed by atoms with Gasteiger partial charge in [0.15, 0.2) is 0 Å². The molecule has 7 heteroatoms. The van der Waals surface area contributed by atoms with Crippen molar-refractivity contribution in [2.75, 3.05) is 13.7 Å². The van der Waals surface area contributed by atoms with Crippen molar-refractivity contribution in [1.82, 2.24) is 9.88 Å². The summed E-state index contributed by atoms with van der Waals surface area (Å²) in [6.45, 7) is 2.57. The van der Waals surface area contributed by atoms with E-state index in [9.17, 15) is 14.7 Å². The van der Waals surface area contributed by atoms with Crippen LogP contribution in [0.1, 0.15) is 29.8 Å². The number of aromatic nitrogens is 1. The molecule has 1 N–H and O–H groups in total. The number of amides is 1. The molecule has 1 saturated heterocycles. The van der Waals surface area contributed by atoms with Gasteiger partial charge < -0.3 is 19.5 Å². The quantitative estimate of drug-likeness (QED) is 0.335. The smallest absolute Gasteiger partial charge is 0.296 e. The van der Waals surface area contributed by atoms with Crippen molar-refractivity contribution >= 4 is 17.4 Å². The van der Waals surface area contributed by atoms with Gasteiger partial charge in [0.2, 0.25) is 0 Å². The van der Waals surface area contributed by atoms with Crippen LogP contribution in [0.4, 0.5) is 0 Å². The average molecular weight is 444 g/mol. The number of methoxy groups -OCH3 is 1. The molecule has 1 amide bonds. The summed E-state index contributed by atoms with van der Waals surface area (Å²) < 4.78 is 10.6. The van der Waals surface area contributed by atoms with Crippen molar-refractivity contribution in [3.63, 3.8) is 0 Å². The Morgan fingerprint density at radius 2 is 1.70 bits per heavy atom. The number of ketones is 1. The largest absolute Gasteiger partial charge is 0.507 e. The highest BCUT2D eigenvalue weighted by Gasteiger charge is 2.46. The lowest BCUT2D eigenvalue weighted by Crippen LogP contribution is -2.29. The summed E-state index contributed by atoms with van der Waals surface area (Å²) >= 11 is 0. The number of carbonyl (C=O) groups excluding carboxylic acids is 2. The number of likely N-dealkylation sites (tertiary alicyclic amines) is 1. The molecule has 0 bridgehead atoms. The molecule has 0 saturated carbocycles. The minimum Gasteiger partial charge on any atom is -0.507 e. The molecule has 0 aliphatic carbocycles. The number of aliphatic hydroxyl groups is 1. The summed E-state index contributed by atoms with van der Waals surface area (Å²) in [5.41, 5.74) is 1.75. The molecule has 1 aromatic heterocycles. The number of carbonyl (C=O) groups is 2. The minimum absolute atomic E-state index is 0.0105. The van der Waals surface area contributed by atoms with E-state index >= 15 is 0 Å². The summed E-state index contributed by atoms with van der Waals surface area (Å²) in [5.74, 6) is -0.336. The molecular weight excluding hydrogens is 420 g/mol. The first-order valence-corrected chi connectivity index (χ1v) is 10.6. The van der Waals surface area contributed by atoms with Crippen molar-refractivity contribution in [3.8, 4) is 11.5 Å². The van der Waals surface area contributed by atoms with Crippen molar-refractivity contribution < 1.29 is 24.2 Å². The average Bonchev–Trinajstić information content (AvgIpc) is 3.10. The molecule has 168 valence electrons. The number of benzene rings is 2. The molecule has 1 aliphatic rings. The lowest BCUT2D eigenvalue weighted by Gasteiger charge is -2.24. The number of hydrogen-bond acceptors (Lipinski definition) is 6. The van der Waals surface area contributed by atoms with Crippen molar-refractivity contribution in [2.45, 2.75) is 19.5 Å². The van der Waals surface area contributed by atoms with Crippen LogP contribution in [0, 0.1) is 0 Å². The standard InChI is InChI=1S/C26H24N2O5/c1-3-33-20-13-9-18(10-14-20)24(29)22-23(21-6-4-5-15-27-21)28(26(31)25(22)30)16-17-7-11-19(32-2)12-8-17/h4-15,23,29H,3,16H2,1-2H3/b24-22-. The number of ether oxygens (including phenoxy) is 2. The van der Waals surface area contributed by atoms with Crippen LogP contribution in [-0.2, 0) is 16.1 Å². The van der Waals surface area contributed by atoms with E-state index in [1.807, 2.05) is 19.1 Å². The van der Waals surface area contributed by atoms with E-state index < -0.39 is 17.7 Å². The zero-order valence-electron chi connectivity index (χ0n) is 18.4. The molecule has 7 nitrogen and oxygen atoms in total. The zero-order chi connectivity index (χ0) is 23.4. The summed E-state index contributed by atoms with van der Waals surface area (Å²) in [6, 6.07) is 18.5. The van der Waals surface area contributed by atoms with Gasteiger partial charge >= 0.3 is 0 Å². The third kappa shape index (κ3) is 4.43. The third-order valence-corrected chi connectivity index (χ3v) is 5.46. The van der Waals surface area contributed by atoms with Gasteiger partial charge in [-0.25, -0.2) is 0 Å². The summed E-state index contributed by atoms with van der Waals surface area (Å²) in [6.07, 6.45) is 1.60. The van der Waals surface area contributed by atoms with Crippen LogP contribution in [0.15, 0.2) is 78.5 Å². The van der Waals surface area contributed by atoms with E-state index in [1.165, 1.54) is 4.90 Å². The summed E-state index contributed by atoms with van der Waals surface area (Å²) in [5, 5.41) is 11.1. The van der Waals surface area contributed by atoms with E-state index in [0.717, 1.165) is 5.56 Å². The fraction of sp³-hybridized carbons (Fsp3) is 0.192. The predicted octanol–water partition coefficient (Wildman–Crippen LogP) is 4.11. The van der Waals surface area contributed by atoms with Gasteiger partial charge in [-0.15, -0.1) is 0 Å². The van der Waals surface area contributed by atoms with Gasteiger partial charge in [0.25, 0.3) is 11.7 Å². The molecule has 33 heavy (non-hydrogen) atoms. The Kier molecular flexibility index (Phi) is 6.40. The lowest BCUT2D eigenvalue weighted by molar-refractivity contribution is -0.140. The number of Topliss-reactive ketones (excluding diaryl/α,β-unsaturated/α-hetero) is 1. The van der Waals surface area contributed by atoms with Crippen LogP contribution >= 0.6 is 0 Å². The van der Waals surface area contributed by atoms with Gasteiger partial charge in [-0.1, -0.05) is 18.2 Å². The second-order valence-corrected chi connectivity index (χ2v) is 7.49. The molecule has 4 rings (SSSR count). The number of nitrogens with zero attached hydrogens (tertiary/aromatic N) is 2. The molecule has 3 aromatic rings. The number of aliphatic hydroxyl groups excluding tert-OH is 1. The minimum atomic E-state index is -0.820. The Hall–Kier alpha value is -4.13. The Labute approximate surface area is 191 Å². The summed E-state index contributed by atoms with van der Waals surface area (Å²) in [4.78, 5) is 32.0. The van der Waals surface area contributed by atoms with Crippen LogP contribution in [0.3, 0.4) is 0 Å². The molecule has 1 aliphatic heterocycles. The second-order valence-electron chi connectivity index (χ2n) is 7.49. The molecule has 1 unspecified atom stereocenters. The van der Waals surface area contributed by atoms with Crippen LogP contribution in [0.2, 0.25) is 0 Å². The van der Waals surface area contributed by atoms with Crippen LogP contribution in [0.25, 0.3) is 5.76 Å². The molecule has 0 radical (unpaired) electrons. The maximum Gasteiger partial charge on any atom is 0.296 e. The number of hydrogen-bond donors (Lipinski definition) is 1. The Balaban J connectivity index is 1.77. The van der Waals surface area contributed by atoms with E-state index in [1.54, 1.807) is 67.9 Å². The zero-order valence-corrected chi connectivity index (χ0v) is 18.4. The Morgan fingerprint density at radius 1 is 1.00 bits per heavy atom. The number of pyridine rings is 1. The SMILES string of the molecule is CCOc1ccc(/C(O)=C2/C(=O)C(=O)N(Cc3ccc(OC)cc3)C2c2ccccn2)cc1. The fourth-order valence-corrected chi connectivity index (χ4v) is 3.85. The van der Waals surface area contributed by atoms with Crippen molar-refractivity contribution in [2.24, 2.45) is 0 Å². The van der Waals surface area contributed by atoms with Gasteiger partial charge in [0.05, 0.1) is 25.0 Å². The molecule has 0 spiro atoms. The fourth-order valence-electron chi connectivity index (χ4n) is 3.85. The topological polar surface area (TPSA) is 89.0 Å². The van der Waals surface area contributed by atoms with E-state index in [2.05, 4.69) is 4.98 Å². The first kappa shape index (κ1) is 22.1. The second kappa shape index (κ2) is 9.56. The van der Waals surface area contributed by atoms with E-state index in [-0.39, 0.29) is 17.9 Å². The van der Waals surface area contributed by atoms with Crippen molar-refractivity contribution in [1.29, 1.82) is 0 Å². The first-order chi connectivity index (χ1) is 16.0. The van der Waals surface area contributed by atoms with Crippen LogP contribution in [-0.4, -0.2) is 40.4 Å². The predicted molar refractivity (Wildman–Crippen MR) is 123 cm³/mol. The van der Waals surface area contributed by atoms with Gasteiger partial charge in [0, 0.05) is 18.3 Å². The molecule has 1 fully saturated rings. The van der Waals surface area contributed by atoms with E-state index in [0.29, 0.717) is 29.4 Å². The molecule has 2 heterocycles. The normalized spacial score (nSPS) is 17.3. The Bertz CT molecular complexity index is 1170. The lowest BCUT2D eigenvalue weighted by atomic mass is 9.98. The molecule has 2 aromatic carbocycles. The first-order valence-electron chi connectivity index (χ1n) is 10.6. The highest BCUT2D eigenvalue weighted by molar-refractivity contribution is 6.46. The highest BCUT2D eigenvalue weighted by Crippen LogP contribution is 2.39. The molecular formula is C26H24N2O5.